The maximum atomic E-state index is 3.67. The Morgan fingerprint density at radius 3 is 2.82 bits per heavy atom. The highest BCUT2D eigenvalue weighted by Crippen LogP contribution is 2.44. The molecule has 0 radical (unpaired) electrons. The number of hydrogen-bond acceptors (Lipinski definition) is 2. The molecule has 1 aliphatic heterocycles. The molecular formula is C14H19BrN2. The second-order valence-corrected chi connectivity index (χ2v) is 6.41. The Morgan fingerprint density at radius 1 is 1.29 bits per heavy atom. The zero-order chi connectivity index (χ0) is 11.9. The van der Waals surface area contributed by atoms with Crippen LogP contribution in [0.2, 0.25) is 0 Å². The molecule has 0 unspecified atom stereocenters. The zero-order valence-electron chi connectivity index (χ0n) is 10.3. The summed E-state index contributed by atoms with van der Waals surface area (Å²) in [5.74, 6) is 0. The first kappa shape index (κ1) is 11.4. The van der Waals surface area contributed by atoms with Gasteiger partial charge in [0.1, 0.15) is 0 Å². The maximum absolute atomic E-state index is 3.67. The van der Waals surface area contributed by atoms with Crippen molar-refractivity contribution in [3.63, 3.8) is 0 Å². The summed E-state index contributed by atoms with van der Waals surface area (Å²) in [5, 5.41) is 3.67. The van der Waals surface area contributed by atoms with Crippen LogP contribution in [0.1, 0.15) is 25.7 Å². The highest BCUT2D eigenvalue weighted by atomic mass is 79.9. The fraction of sp³-hybridized carbons (Fsp3) is 0.571. The zero-order valence-corrected chi connectivity index (χ0v) is 11.9. The number of nitrogens with zero attached hydrogens (tertiary/aromatic N) is 1. The molecule has 17 heavy (non-hydrogen) atoms. The van der Waals surface area contributed by atoms with Crippen molar-refractivity contribution < 1.29 is 0 Å². The number of benzene rings is 1. The van der Waals surface area contributed by atoms with Crippen LogP contribution in [0, 0.1) is 5.41 Å². The Hall–Kier alpha value is -0.700. The van der Waals surface area contributed by atoms with Crippen LogP contribution >= 0.6 is 15.9 Å². The van der Waals surface area contributed by atoms with Crippen LogP contribution in [0.15, 0.2) is 22.7 Å². The number of fused-ring (bicyclic) bond motifs is 1. The molecule has 1 N–H and O–H groups in total. The molecule has 0 bridgehead atoms. The minimum atomic E-state index is 0.493. The van der Waals surface area contributed by atoms with Crippen LogP contribution in [0.3, 0.4) is 0 Å². The topological polar surface area (TPSA) is 15.3 Å². The Balaban J connectivity index is 1.97. The third kappa shape index (κ3) is 1.95. The highest BCUT2D eigenvalue weighted by molar-refractivity contribution is 9.10. The van der Waals surface area contributed by atoms with E-state index in [1.54, 1.807) is 0 Å². The molecule has 92 valence electrons. The van der Waals surface area contributed by atoms with Crippen molar-refractivity contribution in [1.29, 1.82) is 0 Å². The summed E-state index contributed by atoms with van der Waals surface area (Å²) in [6.07, 6.45) is 5.53. The van der Waals surface area contributed by atoms with Gasteiger partial charge in [0, 0.05) is 30.0 Å². The molecule has 1 aliphatic carbocycles. The first-order valence-electron chi connectivity index (χ1n) is 6.44. The summed E-state index contributed by atoms with van der Waals surface area (Å²) in [5.41, 5.74) is 3.08. The van der Waals surface area contributed by atoms with E-state index < -0.39 is 0 Å². The van der Waals surface area contributed by atoms with Crippen molar-refractivity contribution >= 4 is 27.3 Å². The van der Waals surface area contributed by atoms with Crippen LogP contribution in [0.4, 0.5) is 11.4 Å². The quantitative estimate of drug-likeness (QED) is 0.781. The number of anilines is 2. The fourth-order valence-electron chi connectivity index (χ4n) is 3.39. The van der Waals surface area contributed by atoms with Gasteiger partial charge in [-0.3, -0.25) is 0 Å². The second kappa shape index (κ2) is 4.20. The Kier molecular flexibility index (Phi) is 2.81. The van der Waals surface area contributed by atoms with Gasteiger partial charge in [-0.15, -0.1) is 0 Å². The molecule has 1 spiro atoms. The summed E-state index contributed by atoms with van der Waals surface area (Å²) in [7, 11) is 2.22. The first-order valence-corrected chi connectivity index (χ1v) is 7.23. The minimum Gasteiger partial charge on any atom is -0.382 e. The van der Waals surface area contributed by atoms with Gasteiger partial charge in [0.15, 0.2) is 0 Å². The lowest BCUT2D eigenvalue weighted by Gasteiger charge is -2.31. The molecule has 0 aromatic heterocycles. The molecule has 1 heterocycles. The molecule has 3 rings (SSSR count). The summed E-state index contributed by atoms with van der Waals surface area (Å²) < 4.78 is 1.18. The van der Waals surface area contributed by atoms with E-state index in [1.807, 2.05) is 0 Å². The van der Waals surface area contributed by atoms with Crippen molar-refractivity contribution in [2.24, 2.45) is 5.41 Å². The molecule has 0 atom stereocenters. The standard InChI is InChI=1S/C14H19BrN2/c1-17-10-14(7-2-3-8-14)9-16-13-11(15)5-4-6-12(13)17/h4-6,16H,2-3,7-10H2,1H3. The van der Waals surface area contributed by atoms with Gasteiger partial charge < -0.3 is 10.2 Å². The molecule has 1 aromatic carbocycles. The third-order valence-electron chi connectivity index (χ3n) is 4.28. The van der Waals surface area contributed by atoms with Gasteiger partial charge in [0.2, 0.25) is 0 Å². The van der Waals surface area contributed by atoms with E-state index in [0.717, 1.165) is 6.54 Å². The number of halogens is 1. The van der Waals surface area contributed by atoms with Crippen LogP contribution < -0.4 is 10.2 Å². The van der Waals surface area contributed by atoms with E-state index >= 15 is 0 Å². The predicted molar refractivity (Wildman–Crippen MR) is 76.8 cm³/mol. The third-order valence-corrected chi connectivity index (χ3v) is 4.94. The van der Waals surface area contributed by atoms with Crippen LogP contribution in [0.25, 0.3) is 0 Å². The number of para-hydroxylation sites is 1. The van der Waals surface area contributed by atoms with Crippen molar-refractivity contribution in [3.05, 3.63) is 22.7 Å². The number of rotatable bonds is 0. The lowest BCUT2D eigenvalue weighted by molar-refractivity contribution is 0.330. The molecule has 1 saturated carbocycles. The van der Waals surface area contributed by atoms with E-state index in [9.17, 15) is 0 Å². The molecule has 0 amide bonds. The Bertz CT molecular complexity index is 424. The van der Waals surface area contributed by atoms with E-state index in [0.29, 0.717) is 5.41 Å². The Labute approximate surface area is 112 Å². The average molecular weight is 295 g/mol. The maximum Gasteiger partial charge on any atom is 0.0722 e. The number of nitrogens with one attached hydrogen (secondary N) is 1. The van der Waals surface area contributed by atoms with Crippen LogP contribution in [-0.2, 0) is 0 Å². The lowest BCUT2D eigenvalue weighted by atomic mass is 9.86. The SMILES string of the molecule is CN1CC2(CCCC2)CNc2c(Br)cccc21. The van der Waals surface area contributed by atoms with E-state index in [2.05, 4.69) is 51.4 Å². The van der Waals surface area contributed by atoms with E-state index in [-0.39, 0.29) is 0 Å². The molecular weight excluding hydrogens is 276 g/mol. The smallest absolute Gasteiger partial charge is 0.0722 e. The summed E-state index contributed by atoms with van der Waals surface area (Å²) in [6.45, 7) is 2.30. The largest absolute Gasteiger partial charge is 0.382 e. The molecule has 1 aromatic rings. The van der Waals surface area contributed by atoms with Crippen LogP contribution in [0.5, 0.6) is 0 Å². The monoisotopic (exact) mass is 294 g/mol. The highest BCUT2D eigenvalue weighted by Gasteiger charge is 2.37. The minimum absolute atomic E-state index is 0.493. The molecule has 3 heteroatoms. The average Bonchev–Trinajstić information content (AvgIpc) is 2.70. The van der Waals surface area contributed by atoms with Gasteiger partial charge in [0.25, 0.3) is 0 Å². The lowest BCUT2D eigenvalue weighted by Crippen LogP contribution is -2.36. The molecule has 0 saturated heterocycles. The number of hydrogen-bond donors (Lipinski definition) is 1. The van der Waals surface area contributed by atoms with Crippen molar-refractivity contribution in [3.8, 4) is 0 Å². The van der Waals surface area contributed by atoms with Gasteiger partial charge in [-0.2, -0.15) is 0 Å². The normalized spacial score (nSPS) is 22.1. The van der Waals surface area contributed by atoms with Gasteiger partial charge in [0.05, 0.1) is 11.4 Å². The molecule has 1 fully saturated rings. The van der Waals surface area contributed by atoms with Crippen LogP contribution in [-0.4, -0.2) is 20.1 Å². The van der Waals surface area contributed by atoms with Gasteiger partial charge in [-0.05, 0) is 40.9 Å². The summed E-state index contributed by atoms with van der Waals surface area (Å²) >= 11 is 3.65. The predicted octanol–water partition coefficient (Wildman–Crippen LogP) is 3.87. The summed E-state index contributed by atoms with van der Waals surface area (Å²) in [4.78, 5) is 2.42. The second-order valence-electron chi connectivity index (χ2n) is 5.55. The van der Waals surface area contributed by atoms with Crippen molar-refractivity contribution in [2.45, 2.75) is 25.7 Å². The Morgan fingerprint density at radius 2 is 2.06 bits per heavy atom. The summed E-state index contributed by atoms with van der Waals surface area (Å²) in [6, 6.07) is 6.45. The first-order chi connectivity index (χ1) is 8.20. The van der Waals surface area contributed by atoms with Gasteiger partial charge >= 0.3 is 0 Å². The van der Waals surface area contributed by atoms with Crippen molar-refractivity contribution in [1.82, 2.24) is 0 Å². The molecule has 2 aliphatic rings. The fourth-order valence-corrected chi connectivity index (χ4v) is 3.88. The van der Waals surface area contributed by atoms with E-state index in [4.69, 9.17) is 0 Å². The van der Waals surface area contributed by atoms with E-state index in [1.165, 1.54) is 48.1 Å². The van der Waals surface area contributed by atoms with Gasteiger partial charge in [-0.1, -0.05) is 18.9 Å². The van der Waals surface area contributed by atoms with Crippen molar-refractivity contribution in [2.75, 3.05) is 30.4 Å². The van der Waals surface area contributed by atoms with Gasteiger partial charge in [-0.25, -0.2) is 0 Å². The molecule has 2 nitrogen and oxygen atoms in total.